The van der Waals surface area contributed by atoms with Gasteiger partial charge in [0, 0.05) is 18.5 Å². The van der Waals surface area contributed by atoms with Gasteiger partial charge in [-0.05, 0) is 49.2 Å². The van der Waals surface area contributed by atoms with Gasteiger partial charge in [-0.1, -0.05) is 17.4 Å². The van der Waals surface area contributed by atoms with E-state index in [1.54, 1.807) is 22.8 Å². The largest absolute Gasteiger partial charge is 0.298 e. The first-order valence-electron chi connectivity index (χ1n) is 8.80. The molecule has 2 aromatic heterocycles. The summed E-state index contributed by atoms with van der Waals surface area (Å²) in [6, 6.07) is 11.0. The molecule has 27 heavy (non-hydrogen) atoms. The van der Waals surface area contributed by atoms with Crippen molar-refractivity contribution >= 4 is 43.5 Å². The summed E-state index contributed by atoms with van der Waals surface area (Å²) in [6.07, 6.45) is 1.73. The van der Waals surface area contributed by atoms with Crippen LogP contribution in [-0.2, 0) is 13.0 Å². The minimum absolute atomic E-state index is 0.0269. The molecule has 0 bridgehead atoms. The van der Waals surface area contributed by atoms with Crippen molar-refractivity contribution in [2.75, 3.05) is 5.32 Å². The third kappa shape index (κ3) is 2.71. The predicted octanol–water partition coefficient (Wildman–Crippen LogP) is 3.51. The van der Waals surface area contributed by atoms with Crippen molar-refractivity contribution in [1.82, 2.24) is 14.5 Å². The molecule has 1 aliphatic rings. The van der Waals surface area contributed by atoms with Crippen LogP contribution in [0.4, 0.5) is 5.13 Å². The molecular formula is C20H16N4O2S. The van der Waals surface area contributed by atoms with Crippen molar-refractivity contribution in [2.24, 2.45) is 0 Å². The summed E-state index contributed by atoms with van der Waals surface area (Å²) in [4.78, 5) is 34.2. The zero-order chi connectivity index (χ0) is 18.5. The Hall–Kier alpha value is -3.06. The number of hydrogen-bond donors (Lipinski definition) is 1. The Morgan fingerprint density at radius 2 is 2.04 bits per heavy atom. The number of thiazole rings is 1. The summed E-state index contributed by atoms with van der Waals surface area (Å²) in [5.41, 5.74) is 3.03. The number of nitrogens with zero attached hydrogens (tertiary/aromatic N) is 3. The van der Waals surface area contributed by atoms with Gasteiger partial charge in [-0.25, -0.2) is 9.97 Å². The van der Waals surface area contributed by atoms with Gasteiger partial charge in [-0.3, -0.25) is 19.5 Å². The number of fused-ring (bicyclic) bond motifs is 3. The SMILES string of the molecule is Cc1ccc2nc(NC(=O)c3ccc4c(=O)n5c(nc4c3)CCC5)sc2c1. The molecule has 0 aliphatic carbocycles. The molecule has 5 rings (SSSR count). The Bertz CT molecular complexity index is 1290. The fourth-order valence-electron chi connectivity index (χ4n) is 3.48. The lowest BCUT2D eigenvalue weighted by Gasteiger charge is -2.06. The average Bonchev–Trinajstić information content (AvgIpc) is 3.27. The lowest BCUT2D eigenvalue weighted by molar-refractivity contribution is 0.102. The van der Waals surface area contributed by atoms with E-state index in [9.17, 15) is 9.59 Å². The first kappa shape index (κ1) is 16.1. The monoisotopic (exact) mass is 376 g/mol. The van der Waals surface area contributed by atoms with Gasteiger partial charge in [0.2, 0.25) is 0 Å². The second-order valence-electron chi connectivity index (χ2n) is 6.76. The molecule has 0 saturated heterocycles. The normalized spacial score (nSPS) is 13.2. The molecule has 0 atom stereocenters. The fraction of sp³-hybridized carbons (Fsp3) is 0.200. The highest BCUT2D eigenvalue weighted by atomic mass is 32.1. The number of hydrogen-bond acceptors (Lipinski definition) is 5. The van der Waals surface area contributed by atoms with Crippen molar-refractivity contribution in [3.63, 3.8) is 0 Å². The number of rotatable bonds is 2. The van der Waals surface area contributed by atoms with Crippen LogP contribution in [0.15, 0.2) is 41.2 Å². The summed E-state index contributed by atoms with van der Waals surface area (Å²) in [5, 5.41) is 3.96. The third-order valence-electron chi connectivity index (χ3n) is 4.84. The van der Waals surface area contributed by atoms with E-state index >= 15 is 0 Å². The van der Waals surface area contributed by atoms with Gasteiger partial charge in [0.15, 0.2) is 5.13 Å². The van der Waals surface area contributed by atoms with Crippen LogP contribution >= 0.6 is 11.3 Å². The molecule has 2 aromatic carbocycles. The van der Waals surface area contributed by atoms with Crippen LogP contribution in [0.1, 0.15) is 28.2 Å². The van der Waals surface area contributed by atoms with Gasteiger partial charge in [0.25, 0.3) is 11.5 Å². The highest BCUT2D eigenvalue weighted by Gasteiger charge is 2.17. The molecule has 0 saturated carbocycles. The first-order chi connectivity index (χ1) is 13.1. The maximum atomic E-state index is 12.7. The van der Waals surface area contributed by atoms with Crippen LogP contribution in [0, 0.1) is 6.92 Å². The Morgan fingerprint density at radius 1 is 1.15 bits per heavy atom. The minimum Gasteiger partial charge on any atom is -0.298 e. The summed E-state index contributed by atoms with van der Waals surface area (Å²) >= 11 is 1.44. The highest BCUT2D eigenvalue weighted by Crippen LogP contribution is 2.27. The van der Waals surface area contributed by atoms with Gasteiger partial charge in [0.05, 0.1) is 21.1 Å². The molecule has 1 N–H and O–H groups in total. The van der Waals surface area contributed by atoms with Gasteiger partial charge in [0.1, 0.15) is 5.82 Å². The van der Waals surface area contributed by atoms with Crippen LogP contribution < -0.4 is 10.9 Å². The topological polar surface area (TPSA) is 76.9 Å². The molecule has 0 radical (unpaired) electrons. The number of aromatic nitrogens is 3. The number of nitrogens with one attached hydrogen (secondary N) is 1. The zero-order valence-electron chi connectivity index (χ0n) is 14.7. The van der Waals surface area contributed by atoms with Gasteiger partial charge in [-0.2, -0.15) is 0 Å². The molecule has 6 nitrogen and oxygen atoms in total. The minimum atomic E-state index is -0.255. The van der Waals surface area contributed by atoms with Gasteiger partial charge >= 0.3 is 0 Å². The number of carbonyl (C=O) groups excluding carboxylic acids is 1. The van der Waals surface area contributed by atoms with Crippen LogP contribution in [0.3, 0.4) is 0 Å². The second-order valence-corrected chi connectivity index (χ2v) is 7.80. The lowest BCUT2D eigenvalue weighted by atomic mass is 10.1. The number of benzene rings is 2. The summed E-state index contributed by atoms with van der Waals surface area (Å²) in [7, 11) is 0. The molecule has 0 fully saturated rings. The molecule has 0 spiro atoms. The first-order valence-corrected chi connectivity index (χ1v) is 9.62. The zero-order valence-corrected chi connectivity index (χ0v) is 15.5. The Balaban J connectivity index is 1.49. The van der Waals surface area contributed by atoms with E-state index in [1.807, 2.05) is 19.1 Å². The maximum Gasteiger partial charge on any atom is 0.261 e. The van der Waals surface area contributed by atoms with Crippen molar-refractivity contribution in [1.29, 1.82) is 0 Å². The summed E-state index contributed by atoms with van der Waals surface area (Å²) in [6.45, 7) is 2.75. The predicted molar refractivity (Wildman–Crippen MR) is 107 cm³/mol. The van der Waals surface area contributed by atoms with Gasteiger partial charge in [-0.15, -0.1) is 0 Å². The fourth-order valence-corrected chi connectivity index (χ4v) is 4.44. The van der Waals surface area contributed by atoms with Crippen molar-refractivity contribution in [3.8, 4) is 0 Å². The Morgan fingerprint density at radius 3 is 2.93 bits per heavy atom. The van der Waals surface area contributed by atoms with Crippen LogP contribution in [0.5, 0.6) is 0 Å². The highest BCUT2D eigenvalue weighted by molar-refractivity contribution is 7.22. The molecule has 3 heterocycles. The van der Waals surface area contributed by atoms with E-state index < -0.39 is 0 Å². The van der Waals surface area contributed by atoms with Crippen LogP contribution in [0.2, 0.25) is 0 Å². The standard InChI is InChI=1S/C20H16N4O2S/c1-11-4-7-14-16(9-11)27-20(22-14)23-18(25)12-5-6-13-15(10-12)21-17-3-2-8-24(17)19(13)26/h4-7,9-10H,2-3,8H2,1H3,(H,22,23,25). The molecule has 4 aromatic rings. The quantitative estimate of drug-likeness (QED) is 0.581. The van der Waals surface area contributed by atoms with E-state index in [1.165, 1.54) is 11.3 Å². The summed E-state index contributed by atoms with van der Waals surface area (Å²) in [5.74, 6) is 0.543. The molecule has 134 valence electrons. The van der Waals surface area contributed by atoms with E-state index in [-0.39, 0.29) is 11.5 Å². The number of amides is 1. The van der Waals surface area contributed by atoms with E-state index in [0.29, 0.717) is 21.6 Å². The smallest absolute Gasteiger partial charge is 0.261 e. The molecule has 0 unspecified atom stereocenters. The van der Waals surface area contributed by atoms with Gasteiger partial charge < -0.3 is 0 Å². The van der Waals surface area contributed by atoms with E-state index in [0.717, 1.165) is 41.0 Å². The summed E-state index contributed by atoms with van der Waals surface area (Å²) < 4.78 is 2.76. The lowest BCUT2D eigenvalue weighted by Crippen LogP contribution is -2.21. The second kappa shape index (κ2) is 5.99. The molecular weight excluding hydrogens is 360 g/mol. The Labute approximate surface area is 158 Å². The average molecular weight is 376 g/mol. The molecule has 7 heteroatoms. The molecule has 1 aliphatic heterocycles. The van der Waals surface area contributed by atoms with Crippen molar-refractivity contribution in [2.45, 2.75) is 26.3 Å². The van der Waals surface area contributed by atoms with Crippen molar-refractivity contribution in [3.05, 3.63) is 63.7 Å². The number of aryl methyl sites for hydroxylation is 2. The Kier molecular flexibility index (Phi) is 3.58. The number of anilines is 1. The van der Waals surface area contributed by atoms with Crippen molar-refractivity contribution < 1.29 is 4.79 Å². The third-order valence-corrected chi connectivity index (χ3v) is 5.78. The van der Waals surface area contributed by atoms with E-state index in [2.05, 4.69) is 21.4 Å². The van der Waals surface area contributed by atoms with Crippen LogP contribution in [0.25, 0.3) is 21.1 Å². The van der Waals surface area contributed by atoms with E-state index in [4.69, 9.17) is 0 Å². The maximum absolute atomic E-state index is 12.7. The number of carbonyl (C=O) groups is 1. The van der Waals surface area contributed by atoms with Crippen LogP contribution in [-0.4, -0.2) is 20.4 Å². The molecule has 1 amide bonds.